The Hall–Kier alpha value is -1.33. The zero-order chi connectivity index (χ0) is 15.6. The number of ketones is 1. The number of halogens is 2. The molecule has 0 unspecified atom stereocenters. The van der Waals surface area contributed by atoms with Crippen molar-refractivity contribution < 1.29 is 9.53 Å². The molecule has 0 amide bonds. The zero-order valence-electron chi connectivity index (χ0n) is 11.7. The lowest BCUT2D eigenvalue weighted by atomic mass is 10.0. The lowest BCUT2D eigenvalue weighted by molar-refractivity contribution is 0.103. The van der Waals surface area contributed by atoms with Gasteiger partial charge in [-0.3, -0.25) is 4.79 Å². The van der Waals surface area contributed by atoms with E-state index in [1.54, 1.807) is 18.2 Å². The van der Waals surface area contributed by atoms with Crippen molar-refractivity contribution in [3.63, 3.8) is 0 Å². The number of benzene rings is 2. The Kier molecular flexibility index (Phi) is 5.06. The SMILES string of the molecule is CCOc1ccc(C(=O)c2cc(Br)c(C)cc2Br)cc1N. The number of carbonyl (C=O) groups is 1. The number of anilines is 1. The van der Waals surface area contributed by atoms with Gasteiger partial charge in [-0.25, -0.2) is 0 Å². The molecule has 0 heterocycles. The second-order valence-corrected chi connectivity index (χ2v) is 6.30. The number of nitrogens with two attached hydrogens (primary N) is 1. The number of carbonyl (C=O) groups excluding carboxylic acids is 1. The summed E-state index contributed by atoms with van der Waals surface area (Å²) < 4.78 is 7.04. The van der Waals surface area contributed by atoms with E-state index in [1.165, 1.54) is 0 Å². The van der Waals surface area contributed by atoms with Gasteiger partial charge in [-0.05, 0) is 49.7 Å². The van der Waals surface area contributed by atoms with Crippen LogP contribution in [0, 0.1) is 6.92 Å². The van der Waals surface area contributed by atoms with Crippen LogP contribution in [0.4, 0.5) is 5.69 Å². The minimum absolute atomic E-state index is 0.0858. The maximum absolute atomic E-state index is 12.6. The maximum atomic E-state index is 12.6. The molecule has 3 nitrogen and oxygen atoms in total. The summed E-state index contributed by atoms with van der Waals surface area (Å²) in [6.07, 6.45) is 0. The fourth-order valence-corrected chi connectivity index (χ4v) is 2.93. The average molecular weight is 413 g/mol. The molecular formula is C16H15Br2NO2. The molecule has 2 rings (SSSR count). The highest BCUT2D eigenvalue weighted by molar-refractivity contribution is 9.11. The molecule has 0 aromatic heterocycles. The second kappa shape index (κ2) is 6.62. The van der Waals surface area contributed by atoms with E-state index in [1.807, 2.05) is 26.0 Å². The molecule has 21 heavy (non-hydrogen) atoms. The highest BCUT2D eigenvalue weighted by atomic mass is 79.9. The molecule has 2 N–H and O–H groups in total. The van der Waals surface area contributed by atoms with Crippen LogP contribution in [0.5, 0.6) is 5.75 Å². The van der Waals surface area contributed by atoms with E-state index in [2.05, 4.69) is 31.9 Å². The first-order chi connectivity index (χ1) is 9.93. The monoisotopic (exact) mass is 411 g/mol. The van der Waals surface area contributed by atoms with Crippen molar-refractivity contribution in [1.82, 2.24) is 0 Å². The number of nitrogen functional groups attached to an aromatic ring is 1. The topological polar surface area (TPSA) is 52.3 Å². The van der Waals surface area contributed by atoms with Crippen LogP contribution in [-0.2, 0) is 0 Å². The summed E-state index contributed by atoms with van der Waals surface area (Å²) >= 11 is 6.89. The highest BCUT2D eigenvalue weighted by Crippen LogP contribution is 2.29. The number of hydrogen-bond donors (Lipinski definition) is 1. The summed E-state index contributed by atoms with van der Waals surface area (Å²) in [5.74, 6) is 0.510. The standard InChI is InChI=1S/C16H15Br2NO2/c1-3-21-15-5-4-10(7-14(15)19)16(20)11-8-12(17)9(2)6-13(11)18/h4-8H,3,19H2,1-2H3. The van der Waals surface area contributed by atoms with Gasteiger partial charge in [0.05, 0.1) is 12.3 Å². The van der Waals surface area contributed by atoms with Crippen molar-refractivity contribution in [2.24, 2.45) is 0 Å². The van der Waals surface area contributed by atoms with Gasteiger partial charge in [0.25, 0.3) is 0 Å². The Morgan fingerprint density at radius 1 is 1.19 bits per heavy atom. The molecule has 110 valence electrons. The molecule has 0 aliphatic rings. The molecule has 0 saturated carbocycles. The normalized spacial score (nSPS) is 10.5. The van der Waals surface area contributed by atoms with Crippen LogP contribution in [0.2, 0.25) is 0 Å². The Morgan fingerprint density at radius 3 is 2.52 bits per heavy atom. The third-order valence-corrected chi connectivity index (χ3v) is 4.58. The number of hydrogen-bond acceptors (Lipinski definition) is 3. The van der Waals surface area contributed by atoms with E-state index >= 15 is 0 Å². The minimum Gasteiger partial charge on any atom is -0.492 e. The van der Waals surface area contributed by atoms with Crippen LogP contribution in [-0.4, -0.2) is 12.4 Å². The summed E-state index contributed by atoms with van der Waals surface area (Å²) in [4.78, 5) is 12.6. The summed E-state index contributed by atoms with van der Waals surface area (Å²) in [7, 11) is 0. The fraction of sp³-hybridized carbons (Fsp3) is 0.188. The smallest absolute Gasteiger partial charge is 0.194 e. The third kappa shape index (κ3) is 3.47. The molecule has 0 atom stereocenters. The van der Waals surface area contributed by atoms with Gasteiger partial charge >= 0.3 is 0 Å². The third-order valence-electron chi connectivity index (χ3n) is 3.06. The quantitative estimate of drug-likeness (QED) is 0.583. The van der Waals surface area contributed by atoms with Crippen molar-refractivity contribution in [2.45, 2.75) is 13.8 Å². The number of aryl methyl sites for hydroxylation is 1. The molecule has 2 aromatic carbocycles. The van der Waals surface area contributed by atoms with E-state index in [4.69, 9.17) is 10.5 Å². The maximum Gasteiger partial charge on any atom is 0.194 e. The molecule has 0 aliphatic heterocycles. The van der Waals surface area contributed by atoms with Gasteiger partial charge in [-0.15, -0.1) is 0 Å². The summed E-state index contributed by atoms with van der Waals surface area (Å²) in [6, 6.07) is 8.82. The van der Waals surface area contributed by atoms with E-state index < -0.39 is 0 Å². The molecule has 2 aromatic rings. The molecule has 0 aliphatic carbocycles. The van der Waals surface area contributed by atoms with Crippen LogP contribution in [0.3, 0.4) is 0 Å². The predicted molar refractivity (Wildman–Crippen MR) is 92.0 cm³/mol. The van der Waals surface area contributed by atoms with Gasteiger partial charge in [0.2, 0.25) is 0 Å². The van der Waals surface area contributed by atoms with Crippen molar-refractivity contribution in [1.29, 1.82) is 0 Å². The second-order valence-electron chi connectivity index (χ2n) is 4.60. The molecule has 5 heteroatoms. The van der Waals surface area contributed by atoms with E-state index in [-0.39, 0.29) is 5.78 Å². The van der Waals surface area contributed by atoms with Crippen LogP contribution >= 0.6 is 31.9 Å². The van der Waals surface area contributed by atoms with Gasteiger partial charge < -0.3 is 10.5 Å². The van der Waals surface area contributed by atoms with Crippen molar-refractivity contribution >= 4 is 43.3 Å². The Labute approximate surface area is 140 Å². The zero-order valence-corrected chi connectivity index (χ0v) is 14.9. The first kappa shape index (κ1) is 16.0. The van der Waals surface area contributed by atoms with E-state index in [0.717, 1.165) is 14.5 Å². The first-order valence-electron chi connectivity index (χ1n) is 6.46. The molecule has 0 radical (unpaired) electrons. The van der Waals surface area contributed by atoms with Crippen molar-refractivity contribution in [2.75, 3.05) is 12.3 Å². The van der Waals surface area contributed by atoms with Crippen LogP contribution in [0.1, 0.15) is 28.4 Å². The lowest BCUT2D eigenvalue weighted by Crippen LogP contribution is -2.05. The lowest BCUT2D eigenvalue weighted by Gasteiger charge is -2.10. The van der Waals surface area contributed by atoms with Crippen LogP contribution < -0.4 is 10.5 Å². The number of rotatable bonds is 4. The van der Waals surface area contributed by atoms with Crippen LogP contribution in [0.15, 0.2) is 39.3 Å². The molecule has 0 fully saturated rings. The molecule has 0 spiro atoms. The van der Waals surface area contributed by atoms with Gasteiger partial charge in [0.1, 0.15) is 5.75 Å². The van der Waals surface area contributed by atoms with Crippen molar-refractivity contribution in [3.05, 3.63) is 56.0 Å². The summed E-state index contributed by atoms with van der Waals surface area (Å²) in [6.45, 7) is 4.39. The van der Waals surface area contributed by atoms with Crippen molar-refractivity contribution in [3.8, 4) is 5.75 Å². The molecule has 0 bridgehead atoms. The van der Waals surface area contributed by atoms with Gasteiger partial charge in [0.15, 0.2) is 5.78 Å². The highest BCUT2D eigenvalue weighted by Gasteiger charge is 2.15. The summed E-state index contributed by atoms with van der Waals surface area (Å²) in [5, 5.41) is 0. The molecular weight excluding hydrogens is 398 g/mol. The van der Waals surface area contributed by atoms with Gasteiger partial charge in [0, 0.05) is 20.1 Å². The Morgan fingerprint density at radius 2 is 1.90 bits per heavy atom. The molecule has 0 saturated heterocycles. The minimum atomic E-state index is -0.0858. The van der Waals surface area contributed by atoms with E-state index in [0.29, 0.717) is 29.2 Å². The van der Waals surface area contributed by atoms with E-state index in [9.17, 15) is 4.79 Å². The number of ether oxygens (including phenoxy) is 1. The predicted octanol–water partition coefficient (Wildman–Crippen LogP) is 4.73. The van der Waals surface area contributed by atoms with Crippen LogP contribution in [0.25, 0.3) is 0 Å². The average Bonchev–Trinajstić information content (AvgIpc) is 2.44. The fourth-order valence-electron chi connectivity index (χ4n) is 1.95. The summed E-state index contributed by atoms with van der Waals surface area (Å²) in [5.41, 5.74) is 8.57. The Bertz CT molecular complexity index is 699. The largest absolute Gasteiger partial charge is 0.492 e. The Balaban J connectivity index is 2.41. The van der Waals surface area contributed by atoms with Gasteiger partial charge in [-0.2, -0.15) is 0 Å². The first-order valence-corrected chi connectivity index (χ1v) is 8.05. The van der Waals surface area contributed by atoms with Gasteiger partial charge in [-0.1, -0.05) is 31.9 Å².